The van der Waals surface area contributed by atoms with Crippen LogP contribution in [0.15, 0.2) is 28.7 Å². The smallest absolute Gasteiger partial charge is 0.307 e. The molecular formula is C13H18BrClN2O3. The molecule has 112 valence electrons. The number of esters is 1. The first-order valence-electron chi connectivity index (χ1n) is 5.78. The minimum absolute atomic E-state index is 0. The molecule has 1 rings (SSSR count). The van der Waals surface area contributed by atoms with Crippen LogP contribution in [-0.2, 0) is 19.9 Å². The molecule has 7 heteroatoms. The van der Waals surface area contributed by atoms with E-state index in [0.29, 0.717) is 5.56 Å². The lowest BCUT2D eigenvalue weighted by molar-refractivity contribution is -0.140. The number of ether oxygens (including phenoxy) is 1. The molecule has 5 nitrogen and oxygen atoms in total. The second-order valence-corrected chi connectivity index (χ2v) is 5.21. The van der Waals surface area contributed by atoms with Gasteiger partial charge in [0.05, 0.1) is 13.5 Å². The summed E-state index contributed by atoms with van der Waals surface area (Å²) in [6.07, 6.45) is 0.124. The third kappa shape index (κ3) is 5.11. The fraction of sp³-hybridized carbons (Fsp3) is 0.385. The van der Waals surface area contributed by atoms with Crippen molar-refractivity contribution in [2.45, 2.75) is 18.9 Å². The van der Waals surface area contributed by atoms with Gasteiger partial charge in [-0.2, -0.15) is 0 Å². The van der Waals surface area contributed by atoms with Gasteiger partial charge in [0.25, 0.3) is 0 Å². The zero-order valence-corrected chi connectivity index (χ0v) is 13.7. The summed E-state index contributed by atoms with van der Waals surface area (Å²) >= 11 is 3.32. The summed E-state index contributed by atoms with van der Waals surface area (Å²) in [4.78, 5) is 23.0. The summed E-state index contributed by atoms with van der Waals surface area (Å²) < 4.78 is 5.40. The summed E-state index contributed by atoms with van der Waals surface area (Å²) in [6.45, 7) is 1.83. The third-order valence-electron chi connectivity index (χ3n) is 2.76. The van der Waals surface area contributed by atoms with Crippen LogP contribution in [0.3, 0.4) is 0 Å². The molecular weight excluding hydrogens is 348 g/mol. The van der Waals surface area contributed by atoms with Crippen molar-refractivity contribution in [2.75, 3.05) is 13.7 Å². The van der Waals surface area contributed by atoms with Crippen molar-refractivity contribution >= 4 is 40.2 Å². The SMILES string of the molecule is COC(=O)CCNC(=O)C(C)(N)c1ccc(Br)cc1.Cl. The van der Waals surface area contributed by atoms with Crippen LogP contribution >= 0.6 is 28.3 Å². The Kier molecular flexibility index (Phi) is 7.78. The van der Waals surface area contributed by atoms with Crippen LogP contribution < -0.4 is 11.1 Å². The van der Waals surface area contributed by atoms with Crippen LogP contribution in [0, 0.1) is 0 Å². The molecule has 1 amide bonds. The maximum Gasteiger partial charge on any atom is 0.307 e. The molecule has 0 radical (unpaired) electrons. The summed E-state index contributed by atoms with van der Waals surface area (Å²) in [5.74, 6) is -0.707. The Labute approximate surface area is 132 Å². The van der Waals surface area contributed by atoms with Crippen LogP contribution in [0.2, 0.25) is 0 Å². The number of nitrogens with one attached hydrogen (secondary N) is 1. The van der Waals surface area contributed by atoms with Crippen LogP contribution in [0.25, 0.3) is 0 Å². The summed E-state index contributed by atoms with van der Waals surface area (Å²) in [6, 6.07) is 7.21. The number of hydrogen-bond acceptors (Lipinski definition) is 4. The Bertz CT molecular complexity index is 463. The van der Waals surface area contributed by atoms with Gasteiger partial charge in [-0.3, -0.25) is 9.59 Å². The lowest BCUT2D eigenvalue weighted by Gasteiger charge is -2.24. The van der Waals surface area contributed by atoms with Gasteiger partial charge in [0.2, 0.25) is 5.91 Å². The number of carbonyl (C=O) groups excluding carboxylic acids is 2. The van der Waals surface area contributed by atoms with Crippen molar-refractivity contribution in [3.8, 4) is 0 Å². The first kappa shape index (κ1) is 18.9. The summed E-state index contributed by atoms with van der Waals surface area (Å²) in [5, 5.41) is 2.62. The molecule has 0 aromatic heterocycles. The second-order valence-electron chi connectivity index (χ2n) is 4.29. The molecule has 1 aromatic carbocycles. The van der Waals surface area contributed by atoms with Crippen LogP contribution in [0.4, 0.5) is 0 Å². The normalized spacial score (nSPS) is 12.8. The van der Waals surface area contributed by atoms with Crippen LogP contribution in [0.5, 0.6) is 0 Å². The maximum absolute atomic E-state index is 12.0. The Balaban J connectivity index is 0.00000361. The lowest BCUT2D eigenvalue weighted by atomic mass is 9.92. The first-order chi connectivity index (χ1) is 8.87. The van der Waals surface area contributed by atoms with Crippen LogP contribution in [0.1, 0.15) is 18.9 Å². The number of methoxy groups -OCH3 is 1. The van der Waals surface area contributed by atoms with Crippen molar-refractivity contribution in [1.29, 1.82) is 0 Å². The molecule has 0 aliphatic rings. The van der Waals surface area contributed by atoms with Gasteiger partial charge >= 0.3 is 5.97 Å². The van der Waals surface area contributed by atoms with Crippen molar-refractivity contribution < 1.29 is 14.3 Å². The van der Waals surface area contributed by atoms with Gasteiger partial charge < -0.3 is 15.8 Å². The Morgan fingerprint density at radius 1 is 1.35 bits per heavy atom. The van der Waals surface area contributed by atoms with Gasteiger partial charge in [0, 0.05) is 11.0 Å². The average Bonchev–Trinajstić information content (AvgIpc) is 2.38. The van der Waals surface area contributed by atoms with Crippen molar-refractivity contribution in [2.24, 2.45) is 5.73 Å². The van der Waals surface area contributed by atoms with Crippen molar-refractivity contribution in [1.82, 2.24) is 5.32 Å². The van der Waals surface area contributed by atoms with Gasteiger partial charge in [0.1, 0.15) is 5.54 Å². The Morgan fingerprint density at radius 2 is 1.90 bits per heavy atom. The van der Waals surface area contributed by atoms with E-state index in [1.165, 1.54) is 7.11 Å². The quantitative estimate of drug-likeness (QED) is 0.779. The molecule has 20 heavy (non-hydrogen) atoms. The molecule has 0 aliphatic carbocycles. The first-order valence-corrected chi connectivity index (χ1v) is 6.57. The van der Waals surface area contributed by atoms with E-state index in [9.17, 15) is 9.59 Å². The molecule has 3 N–H and O–H groups in total. The van der Waals surface area contributed by atoms with E-state index in [1.54, 1.807) is 19.1 Å². The topological polar surface area (TPSA) is 81.4 Å². The largest absolute Gasteiger partial charge is 0.469 e. The number of nitrogens with two attached hydrogens (primary N) is 1. The second kappa shape index (κ2) is 8.24. The molecule has 0 fully saturated rings. The lowest BCUT2D eigenvalue weighted by Crippen LogP contribution is -2.49. The number of halogens is 2. The number of hydrogen-bond donors (Lipinski definition) is 2. The molecule has 0 saturated heterocycles. The van der Waals surface area contributed by atoms with E-state index < -0.39 is 5.54 Å². The minimum Gasteiger partial charge on any atom is -0.469 e. The fourth-order valence-electron chi connectivity index (χ4n) is 1.49. The summed E-state index contributed by atoms with van der Waals surface area (Å²) in [5.41, 5.74) is 5.60. The average molecular weight is 366 g/mol. The highest BCUT2D eigenvalue weighted by atomic mass is 79.9. The molecule has 0 bridgehead atoms. The minimum atomic E-state index is -1.14. The molecule has 1 aromatic rings. The molecule has 0 heterocycles. The molecule has 1 atom stereocenters. The number of rotatable bonds is 5. The highest BCUT2D eigenvalue weighted by molar-refractivity contribution is 9.10. The number of amides is 1. The third-order valence-corrected chi connectivity index (χ3v) is 3.29. The molecule has 0 aliphatic heterocycles. The number of benzene rings is 1. The zero-order chi connectivity index (χ0) is 14.5. The van der Waals surface area contributed by atoms with E-state index in [0.717, 1.165) is 4.47 Å². The highest BCUT2D eigenvalue weighted by Gasteiger charge is 2.30. The van der Waals surface area contributed by atoms with Gasteiger partial charge in [-0.1, -0.05) is 28.1 Å². The van der Waals surface area contributed by atoms with E-state index in [2.05, 4.69) is 26.0 Å². The standard InChI is InChI=1S/C13H17BrN2O3.ClH/c1-13(15,9-3-5-10(14)6-4-9)12(18)16-8-7-11(17)19-2;/h3-6H,7-8,15H2,1-2H3,(H,16,18);1H. The highest BCUT2D eigenvalue weighted by Crippen LogP contribution is 2.20. The predicted molar refractivity (Wildman–Crippen MR) is 82.6 cm³/mol. The molecule has 0 saturated carbocycles. The van der Waals surface area contributed by atoms with Gasteiger partial charge in [-0.25, -0.2) is 0 Å². The fourth-order valence-corrected chi connectivity index (χ4v) is 1.76. The maximum atomic E-state index is 12.0. The van der Waals surface area contributed by atoms with Gasteiger partial charge in [0.15, 0.2) is 0 Å². The van der Waals surface area contributed by atoms with Crippen LogP contribution in [-0.4, -0.2) is 25.5 Å². The Hall–Kier alpha value is -1.11. The Morgan fingerprint density at radius 3 is 2.40 bits per heavy atom. The van der Waals surface area contributed by atoms with Gasteiger partial charge in [-0.15, -0.1) is 12.4 Å². The number of carbonyl (C=O) groups is 2. The monoisotopic (exact) mass is 364 g/mol. The van der Waals surface area contributed by atoms with Gasteiger partial charge in [-0.05, 0) is 24.6 Å². The zero-order valence-electron chi connectivity index (χ0n) is 11.3. The van der Waals surface area contributed by atoms with Crippen molar-refractivity contribution in [3.63, 3.8) is 0 Å². The predicted octanol–water partition coefficient (Wildman–Crippen LogP) is 1.72. The van der Waals surface area contributed by atoms with E-state index in [-0.39, 0.29) is 37.2 Å². The van der Waals surface area contributed by atoms with E-state index >= 15 is 0 Å². The van der Waals surface area contributed by atoms with E-state index in [4.69, 9.17) is 5.73 Å². The molecule has 1 unspecified atom stereocenters. The van der Waals surface area contributed by atoms with E-state index in [1.807, 2.05) is 12.1 Å². The molecule has 0 spiro atoms. The van der Waals surface area contributed by atoms with Crippen molar-refractivity contribution in [3.05, 3.63) is 34.3 Å². The summed E-state index contributed by atoms with van der Waals surface area (Å²) in [7, 11) is 1.30.